The van der Waals surface area contributed by atoms with E-state index in [4.69, 9.17) is 9.26 Å². The highest BCUT2D eigenvalue weighted by atomic mass is 19.2. The third kappa shape index (κ3) is 3.91. The van der Waals surface area contributed by atoms with E-state index in [1.54, 1.807) is 13.8 Å². The number of amides is 1. The Morgan fingerprint density at radius 3 is 2.70 bits per heavy atom. The first-order valence-corrected chi connectivity index (χ1v) is 6.79. The van der Waals surface area contributed by atoms with Crippen molar-refractivity contribution < 1.29 is 27.6 Å². The molecule has 0 bridgehead atoms. The number of rotatable bonds is 5. The van der Waals surface area contributed by atoms with Crippen molar-refractivity contribution >= 4 is 17.6 Å². The maximum absolute atomic E-state index is 13.0. The Bertz CT molecular complexity index is 743. The van der Waals surface area contributed by atoms with Gasteiger partial charge in [0.15, 0.2) is 18.2 Å². The van der Waals surface area contributed by atoms with Gasteiger partial charge in [-0.15, -0.1) is 0 Å². The van der Waals surface area contributed by atoms with Crippen LogP contribution in [0.25, 0.3) is 0 Å². The normalized spacial score (nSPS) is 10.4. The monoisotopic (exact) mass is 324 g/mol. The summed E-state index contributed by atoms with van der Waals surface area (Å²) < 4.78 is 35.6. The number of esters is 1. The molecule has 0 aliphatic carbocycles. The van der Waals surface area contributed by atoms with Crippen LogP contribution in [0.4, 0.5) is 14.5 Å². The predicted molar refractivity (Wildman–Crippen MR) is 75.9 cm³/mol. The molecule has 0 atom stereocenters. The van der Waals surface area contributed by atoms with Crippen molar-refractivity contribution in [2.45, 2.75) is 20.3 Å². The van der Waals surface area contributed by atoms with Crippen molar-refractivity contribution in [3.63, 3.8) is 0 Å². The van der Waals surface area contributed by atoms with E-state index in [2.05, 4.69) is 10.5 Å². The maximum Gasteiger partial charge on any atom is 0.344 e. The first-order chi connectivity index (χ1) is 10.9. The first-order valence-electron chi connectivity index (χ1n) is 6.79. The number of hydrogen-bond acceptors (Lipinski definition) is 5. The minimum Gasteiger partial charge on any atom is -0.452 e. The van der Waals surface area contributed by atoms with E-state index in [0.717, 1.165) is 12.1 Å². The SMILES string of the molecule is CCc1noc(C)c1C(=O)OCC(=O)Nc1ccc(F)c(F)c1. The molecule has 23 heavy (non-hydrogen) atoms. The molecule has 1 aromatic heterocycles. The van der Waals surface area contributed by atoms with Crippen LogP contribution in [0.5, 0.6) is 0 Å². The number of benzene rings is 1. The molecule has 0 saturated heterocycles. The van der Waals surface area contributed by atoms with Gasteiger partial charge in [0.25, 0.3) is 5.91 Å². The van der Waals surface area contributed by atoms with Crippen LogP contribution in [0.15, 0.2) is 22.7 Å². The van der Waals surface area contributed by atoms with E-state index >= 15 is 0 Å². The Hall–Kier alpha value is -2.77. The summed E-state index contributed by atoms with van der Waals surface area (Å²) in [6.07, 6.45) is 0.475. The average Bonchev–Trinajstić information content (AvgIpc) is 2.89. The van der Waals surface area contributed by atoms with E-state index in [1.807, 2.05) is 0 Å². The summed E-state index contributed by atoms with van der Waals surface area (Å²) in [4.78, 5) is 23.6. The van der Waals surface area contributed by atoms with Gasteiger partial charge >= 0.3 is 5.97 Å². The fraction of sp³-hybridized carbons (Fsp3) is 0.267. The summed E-state index contributed by atoms with van der Waals surface area (Å²) in [6.45, 7) is 2.78. The summed E-state index contributed by atoms with van der Waals surface area (Å²) in [5, 5.41) is 6.01. The van der Waals surface area contributed by atoms with Crippen molar-refractivity contribution in [3.05, 3.63) is 46.9 Å². The molecule has 122 valence electrons. The summed E-state index contributed by atoms with van der Waals surface area (Å²) in [7, 11) is 0. The highest BCUT2D eigenvalue weighted by Gasteiger charge is 2.21. The summed E-state index contributed by atoms with van der Waals surface area (Å²) in [5.41, 5.74) is 0.682. The van der Waals surface area contributed by atoms with Gasteiger partial charge in [-0.05, 0) is 25.5 Å². The Morgan fingerprint density at radius 1 is 1.30 bits per heavy atom. The topological polar surface area (TPSA) is 81.4 Å². The Kier molecular flexibility index (Phi) is 5.05. The number of halogens is 2. The minimum atomic E-state index is -1.09. The minimum absolute atomic E-state index is 0.0559. The van der Waals surface area contributed by atoms with Gasteiger partial charge in [0.1, 0.15) is 11.3 Å². The molecule has 1 aromatic carbocycles. The van der Waals surface area contributed by atoms with Gasteiger partial charge in [-0.3, -0.25) is 4.79 Å². The largest absolute Gasteiger partial charge is 0.452 e. The lowest BCUT2D eigenvalue weighted by molar-refractivity contribution is -0.119. The van der Waals surface area contributed by atoms with Crippen LogP contribution in [0.1, 0.15) is 28.7 Å². The maximum atomic E-state index is 13.0. The molecule has 0 unspecified atom stereocenters. The molecular formula is C15H14F2N2O4. The van der Waals surface area contributed by atoms with E-state index in [1.165, 1.54) is 6.07 Å². The van der Waals surface area contributed by atoms with Crippen LogP contribution in [-0.4, -0.2) is 23.6 Å². The average molecular weight is 324 g/mol. The number of carbonyl (C=O) groups excluding carboxylic acids is 2. The molecule has 2 aromatic rings. The molecule has 0 fully saturated rings. The van der Waals surface area contributed by atoms with Crippen LogP contribution in [0.2, 0.25) is 0 Å². The quantitative estimate of drug-likeness (QED) is 0.855. The summed E-state index contributed by atoms with van der Waals surface area (Å²) in [5.74, 6) is -3.23. The molecule has 1 amide bonds. The van der Waals surface area contributed by atoms with Crippen LogP contribution < -0.4 is 5.32 Å². The number of ether oxygens (including phenoxy) is 1. The lowest BCUT2D eigenvalue weighted by Gasteiger charge is -2.07. The number of carbonyl (C=O) groups is 2. The molecule has 0 aliphatic rings. The van der Waals surface area contributed by atoms with Crippen molar-refractivity contribution in [1.29, 1.82) is 0 Å². The van der Waals surface area contributed by atoms with Gasteiger partial charge in [-0.2, -0.15) is 0 Å². The third-order valence-electron chi connectivity index (χ3n) is 3.01. The van der Waals surface area contributed by atoms with Crippen LogP contribution in [0, 0.1) is 18.6 Å². The second kappa shape index (κ2) is 6.99. The van der Waals surface area contributed by atoms with Gasteiger partial charge in [-0.25, -0.2) is 13.6 Å². The van der Waals surface area contributed by atoms with Gasteiger partial charge < -0.3 is 14.6 Å². The Labute approximate surface area is 130 Å². The number of nitrogens with one attached hydrogen (secondary N) is 1. The second-order valence-electron chi connectivity index (χ2n) is 4.67. The van der Waals surface area contributed by atoms with Gasteiger partial charge in [0.2, 0.25) is 0 Å². The van der Waals surface area contributed by atoms with Gasteiger partial charge in [0, 0.05) is 11.8 Å². The highest BCUT2D eigenvalue weighted by molar-refractivity contribution is 5.96. The number of nitrogens with zero attached hydrogens (tertiary/aromatic N) is 1. The van der Waals surface area contributed by atoms with E-state index < -0.39 is 30.1 Å². The van der Waals surface area contributed by atoms with Crippen LogP contribution in [-0.2, 0) is 16.0 Å². The molecule has 1 N–H and O–H groups in total. The standard InChI is InChI=1S/C15H14F2N2O4/c1-3-12-14(8(2)23-19-12)15(21)22-7-13(20)18-9-4-5-10(16)11(17)6-9/h4-6H,3,7H2,1-2H3,(H,18,20). The zero-order valence-corrected chi connectivity index (χ0v) is 12.5. The zero-order valence-electron chi connectivity index (χ0n) is 12.5. The lowest BCUT2D eigenvalue weighted by Crippen LogP contribution is -2.21. The molecule has 1 heterocycles. The van der Waals surface area contributed by atoms with Crippen molar-refractivity contribution in [2.24, 2.45) is 0 Å². The molecule has 6 nitrogen and oxygen atoms in total. The first kappa shape index (κ1) is 16.6. The summed E-state index contributed by atoms with van der Waals surface area (Å²) in [6, 6.07) is 2.90. The fourth-order valence-electron chi connectivity index (χ4n) is 1.90. The third-order valence-corrected chi connectivity index (χ3v) is 3.01. The lowest BCUT2D eigenvalue weighted by atomic mass is 10.1. The number of aryl methyl sites for hydroxylation is 2. The molecular weight excluding hydrogens is 310 g/mol. The second-order valence-corrected chi connectivity index (χ2v) is 4.67. The van der Waals surface area contributed by atoms with Crippen molar-refractivity contribution in [1.82, 2.24) is 5.16 Å². The Morgan fingerprint density at radius 2 is 2.04 bits per heavy atom. The molecule has 0 spiro atoms. The molecule has 8 heteroatoms. The van der Waals surface area contributed by atoms with Gasteiger partial charge in [0.05, 0.1) is 5.69 Å². The number of hydrogen-bond donors (Lipinski definition) is 1. The smallest absolute Gasteiger partial charge is 0.344 e. The van der Waals surface area contributed by atoms with Crippen LogP contribution >= 0.6 is 0 Å². The number of aromatic nitrogens is 1. The van der Waals surface area contributed by atoms with Gasteiger partial charge in [-0.1, -0.05) is 12.1 Å². The Balaban J connectivity index is 1.94. The number of anilines is 1. The molecule has 2 rings (SSSR count). The predicted octanol–water partition coefficient (Wildman–Crippen LogP) is 2.62. The van der Waals surface area contributed by atoms with E-state index in [-0.39, 0.29) is 11.3 Å². The summed E-state index contributed by atoms with van der Waals surface area (Å²) >= 11 is 0. The fourth-order valence-corrected chi connectivity index (χ4v) is 1.90. The van der Waals surface area contributed by atoms with Crippen LogP contribution in [0.3, 0.4) is 0 Å². The van der Waals surface area contributed by atoms with E-state index in [9.17, 15) is 18.4 Å². The molecule has 0 radical (unpaired) electrons. The van der Waals surface area contributed by atoms with Crippen molar-refractivity contribution in [2.75, 3.05) is 11.9 Å². The zero-order chi connectivity index (χ0) is 17.0. The highest BCUT2D eigenvalue weighted by Crippen LogP contribution is 2.16. The molecule has 0 saturated carbocycles. The van der Waals surface area contributed by atoms with E-state index in [0.29, 0.717) is 17.9 Å². The van der Waals surface area contributed by atoms with Crippen molar-refractivity contribution in [3.8, 4) is 0 Å². The molecule has 0 aliphatic heterocycles.